The summed E-state index contributed by atoms with van der Waals surface area (Å²) in [5, 5.41) is 10.5. The molecule has 1 rings (SSSR count). The first-order valence-electron chi connectivity index (χ1n) is 7.28. The summed E-state index contributed by atoms with van der Waals surface area (Å²) >= 11 is 0. The number of unbranched alkanes of at least 4 members (excludes halogenated alkanes) is 3. The number of rotatable bonds is 8. The monoisotopic (exact) mass is 333 g/mol. The van der Waals surface area contributed by atoms with Crippen LogP contribution in [0.15, 0.2) is 24.3 Å². The number of non-ortho nitro benzene ring substituents is 1. The molecule has 8 heteroatoms. The van der Waals surface area contributed by atoms with Crippen LogP contribution in [0.2, 0.25) is 0 Å². The van der Waals surface area contributed by atoms with E-state index in [9.17, 15) is 28.1 Å². The molecular formula is C15H18F3NO4. The minimum absolute atomic E-state index is 0.154. The second kappa shape index (κ2) is 8.50. The molecule has 0 amide bonds. The summed E-state index contributed by atoms with van der Waals surface area (Å²) in [6.45, 7) is 1.94. The number of ether oxygens (including phenoxy) is 1. The molecule has 1 aromatic carbocycles. The first-order valence-corrected chi connectivity index (χ1v) is 7.28. The highest BCUT2D eigenvalue weighted by Gasteiger charge is 2.42. The molecule has 0 aliphatic carbocycles. The van der Waals surface area contributed by atoms with E-state index in [1.54, 1.807) is 0 Å². The van der Waals surface area contributed by atoms with Crippen molar-refractivity contribution in [1.29, 1.82) is 0 Å². The zero-order chi connectivity index (χ0) is 17.5. The average Bonchev–Trinajstić information content (AvgIpc) is 2.49. The van der Waals surface area contributed by atoms with E-state index in [2.05, 4.69) is 4.74 Å². The second-order valence-corrected chi connectivity index (χ2v) is 5.09. The molecule has 128 valence electrons. The van der Waals surface area contributed by atoms with Crippen molar-refractivity contribution in [3.05, 3.63) is 39.9 Å². The van der Waals surface area contributed by atoms with E-state index in [1.165, 1.54) is 0 Å². The third-order valence-corrected chi connectivity index (χ3v) is 3.25. The molecule has 1 unspecified atom stereocenters. The van der Waals surface area contributed by atoms with Gasteiger partial charge in [0, 0.05) is 12.1 Å². The van der Waals surface area contributed by atoms with Crippen LogP contribution in [-0.4, -0.2) is 23.2 Å². The summed E-state index contributed by atoms with van der Waals surface area (Å²) in [5.41, 5.74) is -0.410. The number of benzene rings is 1. The van der Waals surface area contributed by atoms with Gasteiger partial charge in [-0.05, 0) is 25.0 Å². The fraction of sp³-hybridized carbons (Fsp3) is 0.533. The highest BCUT2D eigenvalue weighted by molar-refractivity contribution is 5.89. The Morgan fingerprint density at radius 3 is 2.30 bits per heavy atom. The van der Waals surface area contributed by atoms with Crippen molar-refractivity contribution in [2.75, 3.05) is 0 Å². The predicted octanol–water partition coefficient (Wildman–Crippen LogP) is 4.65. The minimum Gasteiger partial charge on any atom is -0.449 e. The first kappa shape index (κ1) is 18.9. The van der Waals surface area contributed by atoms with E-state index in [4.69, 9.17) is 0 Å². The number of alkyl halides is 3. The van der Waals surface area contributed by atoms with Crippen molar-refractivity contribution in [3.8, 4) is 0 Å². The van der Waals surface area contributed by atoms with Gasteiger partial charge < -0.3 is 4.74 Å². The van der Waals surface area contributed by atoms with Gasteiger partial charge >= 0.3 is 12.1 Å². The van der Waals surface area contributed by atoms with E-state index < -0.39 is 23.2 Å². The molecule has 0 heterocycles. The quantitative estimate of drug-likeness (QED) is 0.300. The second-order valence-electron chi connectivity index (χ2n) is 5.09. The predicted molar refractivity (Wildman–Crippen MR) is 77.1 cm³/mol. The van der Waals surface area contributed by atoms with E-state index in [1.807, 2.05) is 6.92 Å². The number of nitro groups is 1. The smallest absolute Gasteiger partial charge is 0.425 e. The zero-order valence-electron chi connectivity index (χ0n) is 12.6. The van der Waals surface area contributed by atoms with Gasteiger partial charge in [-0.1, -0.05) is 26.2 Å². The van der Waals surface area contributed by atoms with Crippen LogP contribution in [0.1, 0.15) is 49.4 Å². The summed E-state index contributed by atoms with van der Waals surface area (Å²) < 4.78 is 43.3. The Bertz CT molecular complexity index is 529. The lowest BCUT2D eigenvalue weighted by Crippen LogP contribution is -2.33. The number of nitrogens with zero attached hydrogens (tertiary/aromatic N) is 1. The van der Waals surface area contributed by atoms with E-state index in [0.29, 0.717) is 12.8 Å². The van der Waals surface area contributed by atoms with Crippen LogP contribution in [-0.2, 0) is 4.74 Å². The van der Waals surface area contributed by atoms with Gasteiger partial charge in [-0.15, -0.1) is 0 Å². The molecule has 23 heavy (non-hydrogen) atoms. The van der Waals surface area contributed by atoms with Crippen molar-refractivity contribution < 1.29 is 27.6 Å². The molecule has 0 bridgehead atoms. The Hall–Kier alpha value is -2.12. The molecule has 0 radical (unpaired) electrons. The van der Waals surface area contributed by atoms with Crippen molar-refractivity contribution in [3.63, 3.8) is 0 Å². The third kappa shape index (κ3) is 6.25. The molecule has 0 aliphatic rings. The van der Waals surface area contributed by atoms with Gasteiger partial charge in [0.05, 0.1) is 10.5 Å². The van der Waals surface area contributed by atoms with Gasteiger partial charge in [0.15, 0.2) is 6.10 Å². The van der Waals surface area contributed by atoms with Crippen molar-refractivity contribution in [1.82, 2.24) is 0 Å². The molecule has 0 fully saturated rings. The Morgan fingerprint density at radius 2 is 1.83 bits per heavy atom. The first-order chi connectivity index (χ1) is 10.8. The Balaban J connectivity index is 2.70. The van der Waals surface area contributed by atoms with Crippen molar-refractivity contribution in [2.24, 2.45) is 0 Å². The average molecular weight is 333 g/mol. The zero-order valence-corrected chi connectivity index (χ0v) is 12.6. The number of hydrogen-bond acceptors (Lipinski definition) is 4. The molecule has 1 aromatic rings. The van der Waals surface area contributed by atoms with Crippen molar-refractivity contribution in [2.45, 2.75) is 51.3 Å². The Morgan fingerprint density at radius 1 is 1.22 bits per heavy atom. The SMILES string of the molecule is CCCCCCC(OC(=O)c1ccc([N+](=O)[O-])cc1)C(F)(F)F. The molecular weight excluding hydrogens is 315 g/mol. The van der Waals surface area contributed by atoms with Crippen molar-refractivity contribution >= 4 is 11.7 Å². The number of carbonyl (C=O) groups is 1. The fourth-order valence-electron chi connectivity index (χ4n) is 1.96. The van der Waals surface area contributed by atoms with Gasteiger partial charge in [0.1, 0.15) is 0 Å². The number of hydrogen-bond donors (Lipinski definition) is 0. The topological polar surface area (TPSA) is 69.4 Å². The summed E-state index contributed by atoms with van der Waals surface area (Å²) in [5.74, 6) is -1.14. The number of halogens is 3. The molecule has 0 aromatic heterocycles. The van der Waals surface area contributed by atoms with E-state index in [0.717, 1.165) is 37.1 Å². The van der Waals surface area contributed by atoms with Crippen LogP contribution in [0.25, 0.3) is 0 Å². The highest BCUT2D eigenvalue weighted by atomic mass is 19.4. The molecule has 0 spiro atoms. The maximum absolute atomic E-state index is 12.9. The number of carbonyl (C=O) groups excluding carboxylic acids is 1. The fourth-order valence-corrected chi connectivity index (χ4v) is 1.96. The molecule has 5 nitrogen and oxygen atoms in total. The standard InChI is InChI=1S/C15H18F3NO4/c1-2-3-4-5-6-13(15(16,17)18)23-14(20)11-7-9-12(10-8-11)19(21)22/h7-10,13H,2-6H2,1H3. The van der Waals surface area contributed by atoms with Gasteiger partial charge in [0.2, 0.25) is 0 Å². The van der Waals surface area contributed by atoms with Crippen LogP contribution in [0.3, 0.4) is 0 Å². The lowest BCUT2D eigenvalue weighted by atomic mass is 10.1. The number of esters is 1. The van der Waals surface area contributed by atoms with Gasteiger partial charge in [-0.25, -0.2) is 4.79 Å². The van der Waals surface area contributed by atoms with Crippen LogP contribution in [0, 0.1) is 10.1 Å². The maximum Gasteiger partial charge on any atom is 0.425 e. The highest BCUT2D eigenvalue weighted by Crippen LogP contribution is 2.28. The lowest BCUT2D eigenvalue weighted by Gasteiger charge is -2.20. The molecule has 0 aliphatic heterocycles. The van der Waals surface area contributed by atoms with Crippen LogP contribution in [0.4, 0.5) is 18.9 Å². The largest absolute Gasteiger partial charge is 0.449 e. The van der Waals surface area contributed by atoms with E-state index in [-0.39, 0.29) is 17.7 Å². The van der Waals surface area contributed by atoms with Gasteiger partial charge in [-0.3, -0.25) is 10.1 Å². The molecule has 0 saturated carbocycles. The lowest BCUT2D eigenvalue weighted by molar-refractivity contribution is -0.384. The van der Waals surface area contributed by atoms with Gasteiger partial charge in [-0.2, -0.15) is 13.2 Å². The summed E-state index contributed by atoms with van der Waals surface area (Å²) in [6, 6.07) is 4.23. The van der Waals surface area contributed by atoms with Crippen LogP contribution < -0.4 is 0 Å². The van der Waals surface area contributed by atoms with Gasteiger partial charge in [0.25, 0.3) is 5.69 Å². The summed E-state index contributed by atoms with van der Waals surface area (Å²) in [7, 11) is 0. The maximum atomic E-state index is 12.9. The number of nitro benzene ring substituents is 1. The van der Waals surface area contributed by atoms with E-state index >= 15 is 0 Å². The van der Waals surface area contributed by atoms with Crippen LogP contribution >= 0.6 is 0 Å². The Labute approximate surface area is 131 Å². The molecule has 1 atom stereocenters. The minimum atomic E-state index is -4.64. The summed E-state index contributed by atoms with van der Waals surface area (Å²) in [4.78, 5) is 21.6. The normalized spacial score (nSPS) is 12.7. The third-order valence-electron chi connectivity index (χ3n) is 3.25. The summed E-state index contributed by atoms with van der Waals surface area (Å²) in [6.07, 6.45) is -4.43. The molecule has 0 N–H and O–H groups in total. The molecule has 0 saturated heterocycles. The Kier molecular flexibility index (Phi) is 6.99. The van der Waals surface area contributed by atoms with Crippen LogP contribution in [0.5, 0.6) is 0 Å².